The van der Waals surface area contributed by atoms with Gasteiger partial charge in [0.1, 0.15) is 5.75 Å². The first kappa shape index (κ1) is 18.3. The normalized spacial score (nSPS) is 11.0. The smallest absolute Gasteiger partial charge is 0.119 e. The minimum absolute atomic E-state index is 0.664. The molecule has 0 amide bonds. The van der Waals surface area contributed by atoms with Gasteiger partial charge in [-0.15, -0.1) is 0 Å². The SMILES string of the molecule is CCOc1ccc(-n2c(-c3ccccc3)c3ccccc3c2-c2ccccc2)cc1. The Labute approximate surface area is 177 Å². The third-order valence-electron chi connectivity index (χ3n) is 5.38. The van der Waals surface area contributed by atoms with Gasteiger partial charge < -0.3 is 9.30 Å². The largest absolute Gasteiger partial charge is 0.494 e. The number of benzene rings is 4. The highest BCUT2D eigenvalue weighted by atomic mass is 16.5. The number of aromatic nitrogens is 1. The molecule has 1 aromatic heterocycles. The van der Waals surface area contributed by atoms with E-state index < -0.39 is 0 Å². The summed E-state index contributed by atoms with van der Waals surface area (Å²) >= 11 is 0. The van der Waals surface area contributed by atoms with Crippen LogP contribution in [0.4, 0.5) is 0 Å². The van der Waals surface area contributed by atoms with E-state index in [-0.39, 0.29) is 0 Å². The van der Waals surface area contributed by atoms with Crippen molar-refractivity contribution >= 4 is 10.8 Å². The number of ether oxygens (including phenoxy) is 1. The Hall–Kier alpha value is -3.78. The quantitative estimate of drug-likeness (QED) is 0.306. The molecule has 0 saturated carbocycles. The molecule has 5 aromatic rings. The molecule has 0 bridgehead atoms. The van der Waals surface area contributed by atoms with Crippen molar-refractivity contribution in [1.29, 1.82) is 0 Å². The fourth-order valence-electron chi connectivity index (χ4n) is 4.13. The van der Waals surface area contributed by atoms with Crippen LogP contribution in [0.25, 0.3) is 39.0 Å². The maximum Gasteiger partial charge on any atom is 0.119 e. The topological polar surface area (TPSA) is 14.2 Å². The molecule has 30 heavy (non-hydrogen) atoms. The van der Waals surface area contributed by atoms with Gasteiger partial charge in [-0.2, -0.15) is 0 Å². The molecule has 1 heterocycles. The van der Waals surface area contributed by atoms with Gasteiger partial charge >= 0.3 is 0 Å². The molecular formula is C28H23NO. The zero-order valence-corrected chi connectivity index (χ0v) is 17.0. The third-order valence-corrected chi connectivity index (χ3v) is 5.38. The molecule has 146 valence electrons. The summed E-state index contributed by atoms with van der Waals surface area (Å²) in [5.74, 6) is 0.889. The standard InChI is InChI=1S/C28H23NO/c1-2-30-24-19-17-23(18-20-24)29-27(21-11-5-3-6-12-21)25-15-9-10-16-26(25)28(29)22-13-7-4-8-14-22/h3-20H,2H2,1H3. The summed E-state index contributed by atoms with van der Waals surface area (Å²) in [4.78, 5) is 0. The third kappa shape index (κ3) is 3.17. The molecule has 0 spiro atoms. The van der Waals surface area contributed by atoms with Gasteiger partial charge in [0.05, 0.1) is 18.0 Å². The highest BCUT2D eigenvalue weighted by Gasteiger charge is 2.20. The number of rotatable bonds is 5. The van der Waals surface area contributed by atoms with Crippen LogP contribution in [0, 0.1) is 0 Å². The molecule has 0 fully saturated rings. The van der Waals surface area contributed by atoms with Crippen molar-refractivity contribution in [3.63, 3.8) is 0 Å². The summed E-state index contributed by atoms with van der Waals surface area (Å²) in [6.45, 7) is 2.67. The molecule has 0 radical (unpaired) electrons. The highest BCUT2D eigenvalue weighted by molar-refractivity contribution is 6.06. The summed E-state index contributed by atoms with van der Waals surface area (Å²) in [5, 5.41) is 2.49. The Bertz CT molecular complexity index is 1190. The predicted octanol–water partition coefficient (Wildman–Crippen LogP) is 7.36. The average molecular weight is 389 g/mol. The van der Waals surface area contributed by atoms with Crippen LogP contribution < -0.4 is 4.74 Å². The molecule has 2 heteroatoms. The number of nitrogens with zero attached hydrogens (tertiary/aromatic N) is 1. The Morgan fingerprint density at radius 3 is 1.50 bits per heavy atom. The minimum atomic E-state index is 0.664. The summed E-state index contributed by atoms with van der Waals surface area (Å²) in [6.07, 6.45) is 0. The Kier molecular flexibility index (Phi) is 4.82. The van der Waals surface area contributed by atoms with Crippen molar-refractivity contribution in [1.82, 2.24) is 4.57 Å². The van der Waals surface area contributed by atoms with Gasteiger partial charge in [-0.1, -0.05) is 84.9 Å². The van der Waals surface area contributed by atoms with Crippen LogP contribution in [0.15, 0.2) is 109 Å². The monoisotopic (exact) mass is 389 g/mol. The molecule has 0 N–H and O–H groups in total. The fraction of sp³-hybridized carbons (Fsp3) is 0.0714. The zero-order valence-electron chi connectivity index (χ0n) is 17.0. The number of fused-ring (bicyclic) bond motifs is 1. The van der Waals surface area contributed by atoms with Gasteiger partial charge in [-0.25, -0.2) is 0 Å². The van der Waals surface area contributed by atoms with Crippen molar-refractivity contribution < 1.29 is 4.74 Å². The van der Waals surface area contributed by atoms with Gasteiger partial charge in [0.25, 0.3) is 0 Å². The first-order chi connectivity index (χ1) is 14.9. The molecule has 0 unspecified atom stereocenters. The van der Waals surface area contributed by atoms with Crippen LogP contribution in [-0.4, -0.2) is 11.2 Å². The van der Waals surface area contributed by atoms with Crippen LogP contribution in [0.5, 0.6) is 5.75 Å². The second kappa shape index (κ2) is 7.92. The molecule has 0 saturated heterocycles. The van der Waals surface area contributed by atoms with E-state index in [2.05, 4.69) is 102 Å². The molecular weight excluding hydrogens is 366 g/mol. The summed E-state index contributed by atoms with van der Waals surface area (Å²) in [6, 6.07) is 38.3. The van der Waals surface area contributed by atoms with E-state index in [1.807, 2.05) is 19.1 Å². The Morgan fingerprint density at radius 1 is 0.567 bits per heavy atom. The van der Waals surface area contributed by atoms with Gasteiger partial charge in [0, 0.05) is 16.5 Å². The van der Waals surface area contributed by atoms with E-state index in [0.717, 1.165) is 11.4 Å². The Morgan fingerprint density at radius 2 is 1.03 bits per heavy atom. The van der Waals surface area contributed by atoms with Crippen molar-refractivity contribution in [3.05, 3.63) is 109 Å². The number of hydrogen-bond donors (Lipinski definition) is 0. The van der Waals surface area contributed by atoms with Crippen molar-refractivity contribution in [2.24, 2.45) is 0 Å². The predicted molar refractivity (Wildman–Crippen MR) is 125 cm³/mol. The first-order valence-corrected chi connectivity index (χ1v) is 10.3. The minimum Gasteiger partial charge on any atom is -0.494 e. The van der Waals surface area contributed by atoms with E-state index in [1.165, 1.54) is 33.3 Å². The molecule has 4 aromatic carbocycles. The van der Waals surface area contributed by atoms with Gasteiger partial charge in [-0.3, -0.25) is 0 Å². The average Bonchev–Trinajstić information content (AvgIpc) is 3.16. The molecule has 0 aliphatic heterocycles. The maximum atomic E-state index is 5.68. The summed E-state index contributed by atoms with van der Waals surface area (Å²) in [7, 11) is 0. The van der Waals surface area contributed by atoms with Crippen molar-refractivity contribution in [2.45, 2.75) is 6.92 Å². The van der Waals surface area contributed by atoms with E-state index in [1.54, 1.807) is 0 Å². The van der Waals surface area contributed by atoms with Crippen LogP contribution in [0.3, 0.4) is 0 Å². The lowest BCUT2D eigenvalue weighted by molar-refractivity contribution is 0.340. The zero-order chi connectivity index (χ0) is 20.3. The van der Waals surface area contributed by atoms with Gasteiger partial charge in [0.15, 0.2) is 0 Å². The lowest BCUT2D eigenvalue weighted by Gasteiger charge is -2.15. The van der Waals surface area contributed by atoms with Crippen molar-refractivity contribution in [3.8, 4) is 34.0 Å². The second-order valence-electron chi connectivity index (χ2n) is 7.24. The van der Waals surface area contributed by atoms with E-state index >= 15 is 0 Å². The van der Waals surface area contributed by atoms with Crippen LogP contribution in [0.1, 0.15) is 6.92 Å². The summed E-state index contributed by atoms with van der Waals surface area (Å²) in [5.41, 5.74) is 5.92. The van der Waals surface area contributed by atoms with E-state index in [0.29, 0.717) is 6.61 Å². The van der Waals surface area contributed by atoms with Crippen LogP contribution in [0.2, 0.25) is 0 Å². The second-order valence-corrected chi connectivity index (χ2v) is 7.24. The molecule has 2 nitrogen and oxygen atoms in total. The maximum absolute atomic E-state index is 5.68. The first-order valence-electron chi connectivity index (χ1n) is 10.3. The van der Waals surface area contributed by atoms with Gasteiger partial charge in [0.2, 0.25) is 0 Å². The van der Waals surface area contributed by atoms with Crippen molar-refractivity contribution in [2.75, 3.05) is 6.61 Å². The van der Waals surface area contributed by atoms with E-state index in [4.69, 9.17) is 4.74 Å². The molecule has 0 aliphatic carbocycles. The molecule has 5 rings (SSSR count). The van der Waals surface area contributed by atoms with Crippen LogP contribution >= 0.6 is 0 Å². The fourth-order valence-corrected chi connectivity index (χ4v) is 4.13. The van der Waals surface area contributed by atoms with Crippen LogP contribution in [-0.2, 0) is 0 Å². The number of hydrogen-bond acceptors (Lipinski definition) is 1. The Balaban J connectivity index is 1.87. The molecule has 0 atom stereocenters. The summed E-state index contributed by atoms with van der Waals surface area (Å²) < 4.78 is 8.06. The van der Waals surface area contributed by atoms with E-state index in [9.17, 15) is 0 Å². The lowest BCUT2D eigenvalue weighted by atomic mass is 10.0. The molecule has 0 aliphatic rings. The lowest BCUT2D eigenvalue weighted by Crippen LogP contribution is -2.00. The van der Waals surface area contributed by atoms with Gasteiger partial charge in [-0.05, 0) is 42.3 Å². The highest BCUT2D eigenvalue weighted by Crippen LogP contribution is 2.41.